The maximum atomic E-state index is 12.1. The summed E-state index contributed by atoms with van der Waals surface area (Å²) in [5.74, 6) is -1.16. The number of halogens is 2. The molecule has 2 rings (SSSR count). The van der Waals surface area contributed by atoms with Gasteiger partial charge >= 0.3 is 5.97 Å². The van der Waals surface area contributed by atoms with Gasteiger partial charge in [0.25, 0.3) is 0 Å². The zero-order chi connectivity index (χ0) is 17.0. The Balaban J connectivity index is 2.25. The maximum absolute atomic E-state index is 12.1. The van der Waals surface area contributed by atoms with Gasteiger partial charge in [-0.2, -0.15) is 0 Å². The van der Waals surface area contributed by atoms with Crippen LogP contribution in [0.4, 0.5) is 0 Å². The molecule has 0 fully saturated rings. The van der Waals surface area contributed by atoms with Crippen molar-refractivity contribution < 1.29 is 19.4 Å². The zero-order valence-corrected chi connectivity index (χ0v) is 13.6. The number of aromatic hydroxyl groups is 1. The lowest BCUT2D eigenvalue weighted by Gasteiger charge is -2.03. The fourth-order valence-corrected chi connectivity index (χ4v) is 2.20. The third-order valence-electron chi connectivity index (χ3n) is 3.04. The van der Waals surface area contributed by atoms with Gasteiger partial charge in [-0.3, -0.25) is 4.79 Å². The quantitative estimate of drug-likeness (QED) is 0.504. The first-order valence-electron chi connectivity index (χ1n) is 6.51. The van der Waals surface area contributed by atoms with Crippen LogP contribution in [0.3, 0.4) is 0 Å². The van der Waals surface area contributed by atoms with Crippen molar-refractivity contribution in [2.24, 2.45) is 0 Å². The molecule has 0 aliphatic heterocycles. The number of hydrogen-bond donors (Lipinski definition) is 1. The van der Waals surface area contributed by atoms with Crippen LogP contribution in [-0.4, -0.2) is 24.0 Å². The number of carbonyl (C=O) groups excluding carboxylic acids is 2. The summed E-state index contributed by atoms with van der Waals surface area (Å²) in [6.07, 6.45) is 2.80. The van der Waals surface area contributed by atoms with Crippen molar-refractivity contribution in [3.8, 4) is 5.75 Å². The van der Waals surface area contributed by atoms with Crippen LogP contribution in [0.15, 0.2) is 42.5 Å². The fraction of sp³-hybridized carbons (Fsp3) is 0.0588. The highest BCUT2D eigenvalue weighted by atomic mass is 35.5. The summed E-state index contributed by atoms with van der Waals surface area (Å²) in [6.45, 7) is 0. The standard InChI is InChI=1S/C17H12Cl2O4/c1-23-17(22)11-4-2-3-10(7-11)5-6-15(20)12-8-13(18)14(19)9-16(12)21/h2-9,21H,1H3/b6-5+. The third kappa shape index (κ3) is 4.12. The fourth-order valence-electron chi connectivity index (χ4n) is 1.88. The van der Waals surface area contributed by atoms with Gasteiger partial charge in [0.15, 0.2) is 5.78 Å². The summed E-state index contributed by atoms with van der Waals surface area (Å²) in [7, 11) is 1.29. The molecule has 0 spiro atoms. The zero-order valence-electron chi connectivity index (χ0n) is 12.0. The Hall–Kier alpha value is -2.30. The molecule has 0 aliphatic rings. The summed E-state index contributed by atoms with van der Waals surface area (Å²) >= 11 is 11.6. The van der Waals surface area contributed by atoms with Crippen LogP contribution in [0.25, 0.3) is 6.08 Å². The van der Waals surface area contributed by atoms with Crippen LogP contribution in [0.2, 0.25) is 10.0 Å². The van der Waals surface area contributed by atoms with E-state index in [-0.39, 0.29) is 21.4 Å². The Morgan fingerprint density at radius 3 is 2.52 bits per heavy atom. The van der Waals surface area contributed by atoms with E-state index in [4.69, 9.17) is 23.2 Å². The predicted octanol–water partition coefficient (Wildman–Crippen LogP) is 4.38. The molecule has 0 saturated carbocycles. The first-order chi connectivity index (χ1) is 10.9. The Kier molecular flexibility index (Phi) is 5.42. The van der Waals surface area contributed by atoms with Gasteiger partial charge in [0.1, 0.15) is 5.75 Å². The lowest BCUT2D eigenvalue weighted by Crippen LogP contribution is -2.00. The molecule has 0 bridgehead atoms. The lowest BCUT2D eigenvalue weighted by atomic mass is 10.1. The molecule has 0 atom stereocenters. The molecule has 2 aromatic carbocycles. The van der Waals surface area contributed by atoms with E-state index in [0.717, 1.165) is 0 Å². The third-order valence-corrected chi connectivity index (χ3v) is 3.76. The number of phenolic OH excluding ortho intramolecular Hbond substituents is 1. The largest absolute Gasteiger partial charge is 0.507 e. The summed E-state index contributed by atoms with van der Waals surface area (Å²) in [6, 6.07) is 9.11. The van der Waals surface area contributed by atoms with Crippen LogP contribution in [0.5, 0.6) is 5.75 Å². The number of phenols is 1. The number of methoxy groups -OCH3 is 1. The van der Waals surface area contributed by atoms with Crippen molar-refractivity contribution in [3.05, 3.63) is 69.2 Å². The first-order valence-corrected chi connectivity index (χ1v) is 7.26. The summed E-state index contributed by atoms with van der Waals surface area (Å²) in [5, 5.41) is 10.1. The van der Waals surface area contributed by atoms with E-state index in [9.17, 15) is 14.7 Å². The number of hydrogen-bond acceptors (Lipinski definition) is 4. The van der Waals surface area contributed by atoms with Crippen LogP contribution in [0, 0.1) is 0 Å². The van der Waals surface area contributed by atoms with Gasteiger partial charge in [-0.25, -0.2) is 4.79 Å². The Morgan fingerprint density at radius 1 is 1.13 bits per heavy atom. The first kappa shape index (κ1) is 17.1. The lowest BCUT2D eigenvalue weighted by molar-refractivity contribution is 0.0600. The van der Waals surface area contributed by atoms with E-state index in [2.05, 4.69) is 4.74 Å². The smallest absolute Gasteiger partial charge is 0.337 e. The molecule has 118 valence electrons. The molecular weight excluding hydrogens is 339 g/mol. The topological polar surface area (TPSA) is 63.6 Å². The summed E-state index contributed by atoms with van der Waals surface area (Å²) in [4.78, 5) is 23.6. The van der Waals surface area contributed by atoms with Crippen molar-refractivity contribution >= 4 is 41.0 Å². The second-order valence-electron chi connectivity index (χ2n) is 4.60. The van der Waals surface area contributed by atoms with Gasteiger partial charge in [0.2, 0.25) is 0 Å². The molecule has 0 saturated heterocycles. The van der Waals surface area contributed by atoms with Gasteiger partial charge < -0.3 is 9.84 Å². The van der Waals surface area contributed by atoms with Gasteiger partial charge in [-0.1, -0.05) is 41.4 Å². The van der Waals surface area contributed by atoms with Crippen molar-refractivity contribution in [2.45, 2.75) is 0 Å². The van der Waals surface area contributed by atoms with Crippen LogP contribution < -0.4 is 0 Å². The maximum Gasteiger partial charge on any atom is 0.337 e. The SMILES string of the molecule is COC(=O)c1cccc(/C=C/C(=O)c2cc(Cl)c(Cl)cc2O)c1. The Morgan fingerprint density at radius 2 is 1.83 bits per heavy atom. The van der Waals surface area contributed by atoms with E-state index >= 15 is 0 Å². The molecule has 0 aromatic heterocycles. The van der Waals surface area contributed by atoms with Crippen LogP contribution in [-0.2, 0) is 4.74 Å². The van der Waals surface area contributed by atoms with Crippen molar-refractivity contribution in [1.29, 1.82) is 0 Å². The van der Waals surface area contributed by atoms with Crippen molar-refractivity contribution in [2.75, 3.05) is 7.11 Å². The van der Waals surface area contributed by atoms with E-state index in [0.29, 0.717) is 11.1 Å². The highest BCUT2D eigenvalue weighted by Gasteiger charge is 2.12. The Bertz CT molecular complexity index is 797. The molecule has 23 heavy (non-hydrogen) atoms. The normalized spacial score (nSPS) is 10.7. The second kappa shape index (κ2) is 7.31. The van der Waals surface area contributed by atoms with E-state index in [1.807, 2.05) is 0 Å². The van der Waals surface area contributed by atoms with Gasteiger partial charge in [0.05, 0.1) is 28.3 Å². The van der Waals surface area contributed by atoms with E-state index < -0.39 is 11.8 Å². The number of allylic oxidation sites excluding steroid dienone is 1. The summed E-state index contributed by atoms with van der Waals surface area (Å²) < 4.78 is 4.64. The molecule has 0 radical (unpaired) electrons. The predicted molar refractivity (Wildman–Crippen MR) is 89.3 cm³/mol. The molecule has 1 N–H and O–H groups in total. The number of carbonyl (C=O) groups is 2. The highest BCUT2D eigenvalue weighted by molar-refractivity contribution is 6.42. The minimum Gasteiger partial charge on any atom is -0.507 e. The average Bonchev–Trinajstić information content (AvgIpc) is 2.55. The molecule has 0 aliphatic carbocycles. The molecule has 0 amide bonds. The van der Waals surface area contributed by atoms with E-state index in [1.165, 1.54) is 31.4 Å². The highest BCUT2D eigenvalue weighted by Crippen LogP contribution is 2.30. The number of ether oxygens (including phenoxy) is 1. The minimum atomic E-state index is -0.464. The minimum absolute atomic E-state index is 0.0415. The number of benzene rings is 2. The average molecular weight is 351 g/mol. The van der Waals surface area contributed by atoms with Crippen LogP contribution in [0.1, 0.15) is 26.3 Å². The van der Waals surface area contributed by atoms with Gasteiger partial charge in [-0.05, 0) is 29.8 Å². The van der Waals surface area contributed by atoms with Crippen molar-refractivity contribution in [1.82, 2.24) is 0 Å². The molecule has 4 nitrogen and oxygen atoms in total. The molecule has 2 aromatic rings. The number of ketones is 1. The van der Waals surface area contributed by atoms with Crippen LogP contribution >= 0.6 is 23.2 Å². The second-order valence-corrected chi connectivity index (χ2v) is 5.41. The van der Waals surface area contributed by atoms with Gasteiger partial charge in [-0.15, -0.1) is 0 Å². The Labute approximate surface area is 142 Å². The van der Waals surface area contributed by atoms with Crippen molar-refractivity contribution in [3.63, 3.8) is 0 Å². The number of rotatable bonds is 4. The molecule has 6 heteroatoms. The molecule has 0 unspecified atom stereocenters. The van der Waals surface area contributed by atoms with Gasteiger partial charge in [0, 0.05) is 6.07 Å². The molecular formula is C17H12Cl2O4. The number of esters is 1. The molecule has 0 heterocycles. The van der Waals surface area contributed by atoms with E-state index in [1.54, 1.807) is 24.3 Å². The monoisotopic (exact) mass is 350 g/mol. The summed E-state index contributed by atoms with van der Waals surface area (Å²) in [5.41, 5.74) is 1.06.